The second-order valence-corrected chi connectivity index (χ2v) is 6.86. The van der Waals surface area contributed by atoms with Gasteiger partial charge in [-0.25, -0.2) is 8.78 Å². The molecule has 2 rings (SSSR count). The summed E-state index contributed by atoms with van der Waals surface area (Å²) in [5.41, 5.74) is -0.493. The first-order valence-corrected chi connectivity index (χ1v) is 8.12. The number of benzene rings is 1. The van der Waals surface area contributed by atoms with Crippen LogP contribution < -0.4 is 4.72 Å². The molecule has 1 saturated heterocycles. The molecule has 0 aromatic heterocycles. The second kappa shape index (κ2) is 6.25. The summed E-state index contributed by atoms with van der Waals surface area (Å²) in [4.78, 5) is 0. The predicted octanol–water partition coefficient (Wildman–Crippen LogP) is 1.63. The Labute approximate surface area is 122 Å². The van der Waals surface area contributed by atoms with Crippen molar-refractivity contribution in [3.63, 3.8) is 0 Å². The Hall–Kier alpha value is -1.25. The molecule has 118 valence electrons. The molecule has 1 heterocycles. The highest BCUT2D eigenvalue weighted by molar-refractivity contribution is 7.90. The normalized spacial score (nSPS) is 17.9. The SMILES string of the molecule is Cc1ccc(F)c(NS(=O)(=O)N2CCC(CO)CC2)c1F. The van der Waals surface area contributed by atoms with E-state index < -0.39 is 27.5 Å². The van der Waals surface area contributed by atoms with E-state index >= 15 is 0 Å². The summed E-state index contributed by atoms with van der Waals surface area (Å²) in [7, 11) is -4.01. The van der Waals surface area contributed by atoms with Crippen LogP contribution in [-0.4, -0.2) is 37.5 Å². The van der Waals surface area contributed by atoms with Gasteiger partial charge in [0.15, 0.2) is 5.82 Å². The maximum Gasteiger partial charge on any atom is 0.301 e. The number of rotatable bonds is 4. The first kappa shape index (κ1) is 16.1. The summed E-state index contributed by atoms with van der Waals surface area (Å²) in [5.74, 6) is -1.79. The van der Waals surface area contributed by atoms with E-state index in [9.17, 15) is 17.2 Å². The lowest BCUT2D eigenvalue weighted by molar-refractivity contribution is 0.170. The molecular weight excluding hydrogens is 302 g/mol. The van der Waals surface area contributed by atoms with E-state index in [2.05, 4.69) is 0 Å². The molecule has 0 unspecified atom stereocenters. The third-order valence-corrected chi connectivity index (χ3v) is 5.19. The summed E-state index contributed by atoms with van der Waals surface area (Å²) >= 11 is 0. The zero-order valence-electron chi connectivity index (χ0n) is 11.6. The van der Waals surface area contributed by atoms with E-state index in [4.69, 9.17) is 5.11 Å². The van der Waals surface area contributed by atoms with Gasteiger partial charge in [0, 0.05) is 19.7 Å². The van der Waals surface area contributed by atoms with Crippen LogP contribution in [0.4, 0.5) is 14.5 Å². The van der Waals surface area contributed by atoms with Gasteiger partial charge < -0.3 is 5.11 Å². The van der Waals surface area contributed by atoms with Crippen molar-refractivity contribution >= 4 is 15.9 Å². The number of aryl methyl sites for hydroxylation is 1. The van der Waals surface area contributed by atoms with Crippen LogP contribution in [0.25, 0.3) is 0 Å². The standard InChI is InChI=1S/C13H18F2N2O3S/c1-9-2-3-11(14)13(12(9)15)16-21(19,20)17-6-4-10(8-18)5-7-17/h2-3,10,16,18H,4-8H2,1H3. The van der Waals surface area contributed by atoms with Crippen LogP contribution in [-0.2, 0) is 10.2 Å². The summed E-state index contributed by atoms with van der Waals surface area (Å²) in [6.45, 7) is 1.88. The number of aliphatic hydroxyl groups is 1. The Balaban J connectivity index is 2.17. The van der Waals surface area contributed by atoms with E-state index in [0.717, 1.165) is 10.4 Å². The van der Waals surface area contributed by atoms with Gasteiger partial charge >= 0.3 is 10.2 Å². The molecular formula is C13H18F2N2O3S. The molecule has 8 heteroatoms. The fraction of sp³-hybridized carbons (Fsp3) is 0.538. The Kier molecular flexibility index (Phi) is 4.80. The van der Waals surface area contributed by atoms with Crippen LogP contribution in [0.5, 0.6) is 0 Å². The topological polar surface area (TPSA) is 69.6 Å². The fourth-order valence-corrected chi connectivity index (χ4v) is 3.54. The number of hydrogen-bond donors (Lipinski definition) is 2. The van der Waals surface area contributed by atoms with Crippen LogP contribution in [0.3, 0.4) is 0 Å². The molecule has 5 nitrogen and oxygen atoms in total. The van der Waals surface area contributed by atoms with E-state index in [0.29, 0.717) is 12.8 Å². The highest BCUT2D eigenvalue weighted by Crippen LogP contribution is 2.25. The highest BCUT2D eigenvalue weighted by Gasteiger charge is 2.29. The number of nitrogens with one attached hydrogen (secondary N) is 1. The van der Waals surface area contributed by atoms with E-state index in [1.165, 1.54) is 13.0 Å². The molecule has 1 aliphatic heterocycles. The Morgan fingerprint density at radius 2 is 1.95 bits per heavy atom. The number of hydrogen-bond acceptors (Lipinski definition) is 3. The van der Waals surface area contributed by atoms with Crippen LogP contribution in [0.2, 0.25) is 0 Å². The minimum Gasteiger partial charge on any atom is -0.396 e. The first-order valence-electron chi connectivity index (χ1n) is 6.68. The lowest BCUT2D eigenvalue weighted by Gasteiger charge is -2.30. The van der Waals surface area contributed by atoms with Crippen molar-refractivity contribution in [1.82, 2.24) is 4.31 Å². The average molecular weight is 320 g/mol. The highest BCUT2D eigenvalue weighted by atomic mass is 32.2. The number of nitrogens with zero attached hydrogens (tertiary/aromatic N) is 1. The van der Waals surface area contributed by atoms with Crippen LogP contribution in [0.15, 0.2) is 12.1 Å². The van der Waals surface area contributed by atoms with Gasteiger partial charge in [-0.2, -0.15) is 12.7 Å². The van der Waals surface area contributed by atoms with Crippen LogP contribution in [0, 0.1) is 24.5 Å². The van der Waals surface area contributed by atoms with Crippen molar-refractivity contribution in [2.24, 2.45) is 5.92 Å². The van der Waals surface area contributed by atoms with Gasteiger partial charge in [-0.1, -0.05) is 6.07 Å². The largest absolute Gasteiger partial charge is 0.396 e. The average Bonchev–Trinajstić information content (AvgIpc) is 2.48. The molecule has 21 heavy (non-hydrogen) atoms. The van der Waals surface area contributed by atoms with Crippen molar-refractivity contribution in [2.75, 3.05) is 24.4 Å². The lowest BCUT2D eigenvalue weighted by Crippen LogP contribution is -2.42. The summed E-state index contributed by atoms with van der Waals surface area (Å²) in [6.07, 6.45) is 1.05. The maximum absolute atomic E-state index is 13.9. The number of piperidine rings is 1. The molecule has 0 saturated carbocycles. The molecule has 1 aromatic carbocycles. The van der Waals surface area contributed by atoms with E-state index in [1.54, 1.807) is 0 Å². The molecule has 0 atom stereocenters. The molecule has 0 bridgehead atoms. The van der Waals surface area contributed by atoms with Gasteiger partial charge in [0.05, 0.1) is 0 Å². The van der Waals surface area contributed by atoms with Crippen molar-refractivity contribution in [3.05, 3.63) is 29.3 Å². The second-order valence-electron chi connectivity index (χ2n) is 5.19. The number of aliphatic hydroxyl groups excluding tert-OH is 1. The molecule has 1 aliphatic rings. The minimum absolute atomic E-state index is 0.0163. The van der Waals surface area contributed by atoms with Crippen molar-refractivity contribution in [2.45, 2.75) is 19.8 Å². The Morgan fingerprint density at radius 1 is 1.33 bits per heavy atom. The van der Waals surface area contributed by atoms with E-state index in [-0.39, 0.29) is 31.2 Å². The minimum atomic E-state index is -4.01. The van der Waals surface area contributed by atoms with E-state index in [1.807, 2.05) is 4.72 Å². The van der Waals surface area contributed by atoms with Gasteiger partial charge in [-0.3, -0.25) is 4.72 Å². The lowest BCUT2D eigenvalue weighted by atomic mass is 10.00. The quantitative estimate of drug-likeness (QED) is 0.886. The fourth-order valence-electron chi connectivity index (χ4n) is 2.28. The summed E-state index contributed by atoms with van der Waals surface area (Å²) in [5, 5.41) is 9.04. The van der Waals surface area contributed by atoms with Crippen molar-refractivity contribution in [3.8, 4) is 0 Å². The third-order valence-electron chi connectivity index (χ3n) is 3.69. The van der Waals surface area contributed by atoms with Crippen LogP contribution in [0.1, 0.15) is 18.4 Å². The molecule has 0 spiro atoms. The van der Waals surface area contributed by atoms with Crippen molar-refractivity contribution < 1.29 is 22.3 Å². The van der Waals surface area contributed by atoms with Crippen molar-refractivity contribution in [1.29, 1.82) is 0 Å². The zero-order valence-corrected chi connectivity index (χ0v) is 12.5. The molecule has 0 aliphatic carbocycles. The third kappa shape index (κ3) is 3.50. The molecule has 1 fully saturated rings. The predicted molar refractivity (Wildman–Crippen MR) is 75.0 cm³/mol. The zero-order chi connectivity index (χ0) is 15.6. The smallest absolute Gasteiger partial charge is 0.301 e. The molecule has 2 N–H and O–H groups in total. The van der Waals surface area contributed by atoms with Gasteiger partial charge in [-0.05, 0) is 37.3 Å². The van der Waals surface area contributed by atoms with Gasteiger partial charge in [0.1, 0.15) is 11.5 Å². The molecule has 0 radical (unpaired) electrons. The monoisotopic (exact) mass is 320 g/mol. The number of anilines is 1. The molecule has 0 amide bonds. The van der Waals surface area contributed by atoms with Gasteiger partial charge in [0.25, 0.3) is 0 Å². The van der Waals surface area contributed by atoms with Gasteiger partial charge in [0.2, 0.25) is 0 Å². The molecule has 1 aromatic rings. The first-order chi connectivity index (χ1) is 9.85. The Morgan fingerprint density at radius 3 is 2.52 bits per heavy atom. The number of halogens is 2. The summed E-state index contributed by atoms with van der Waals surface area (Å²) in [6, 6.07) is 2.27. The van der Waals surface area contributed by atoms with Crippen LogP contribution >= 0.6 is 0 Å². The maximum atomic E-state index is 13.9. The Bertz CT molecular complexity index is 614. The van der Waals surface area contributed by atoms with Gasteiger partial charge in [-0.15, -0.1) is 0 Å². The summed E-state index contributed by atoms with van der Waals surface area (Å²) < 4.78 is 55.0.